The van der Waals surface area contributed by atoms with E-state index in [1.54, 1.807) is 61.5 Å². The van der Waals surface area contributed by atoms with Gasteiger partial charge in [-0.15, -0.1) is 0 Å². The minimum atomic E-state index is -0.605. The van der Waals surface area contributed by atoms with Crippen molar-refractivity contribution in [3.05, 3.63) is 93.5 Å². The van der Waals surface area contributed by atoms with Crippen molar-refractivity contribution in [2.24, 2.45) is 5.10 Å². The average molecular weight is 463 g/mol. The van der Waals surface area contributed by atoms with Crippen molar-refractivity contribution in [2.75, 3.05) is 13.7 Å². The summed E-state index contributed by atoms with van der Waals surface area (Å²) in [6.45, 7) is 1.26. The standard InChI is InChI=1S/C24H21N3O7/c1-16-8-10-20(19(12-16)27(30)31)33-15-23(28)26-25-14-17-9-11-21(22(13-17)32-2)34-24(29)18-6-4-3-5-7-18/h3-14H,15H2,1-2H3,(H,26,28). The van der Waals surface area contributed by atoms with E-state index >= 15 is 0 Å². The number of benzene rings is 3. The monoisotopic (exact) mass is 463 g/mol. The van der Waals surface area contributed by atoms with E-state index in [4.69, 9.17) is 14.2 Å². The first kappa shape index (κ1) is 23.9. The van der Waals surface area contributed by atoms with Crippen LogP contribution < -0.4 is 19.6 Å². The van der Waals surface area contributed by atoms with Crippen LogP contribution in [0, 0.1) is 17.0 Å². The summed E-state index contributed by atoms with van der Waals surface area (Å²) in [5.74, 6) is -0.617. The van der Waals surface area contributed by atoms with Gasteiger partial charge in [-0.25, -0.2) is 10.2 Å². The number of nitrogens with one attached hydrogen (secondary N) is 1. The van der Waals surface area contributed by atoms with Gasteiger partial charge in [-0.05, 0) is 54.4 Å². The highest BCUT2D eigenvalue weighted by Crippen LogP contribution is 2.29. The maximum absolute atomic E-state index is 12.3. The van der Waals surface area contributed by atoms with Crippen molar-refractivity contribution in [2.45, 2.75) is 6.92 Å². The van der Waals surface area contributed by atoms with Crippen molar-refractivity contribution in [1.29, 1.82) is 0 Å². The molecule has 0 atom stereocenters. The molecule has 10 nitrogen and oxygen atoms in total. The van der Waals surface area contributed by atoms with Crippen LogP contribution in [0.4, 0.5) is 5.69 Å². The van der Waals surface area contributed by atoms with Crippen molar-refractivity contribution in [1.82, 2.24) is 5.43 Å². The number of nitro benzene ring substituents is 1. The third-order valence-electron chi connectivity index (χ3n) is 4.47. The Morgan fingerprint density at radius 2 is 1.76 bits per heavy atom. The molecule has 0 aromatic heterocycles. The molecule has 174 valence electrons. The van der Waals surface area contributed by atoms with Crippen molar-refractivity contribution < 1.29 is 28.7 Å². The summed E-state index contributed by atoms with van der Waals surface area (Å²) in [4.78, 5) is 34.8. The Morgan fingerprint density at radius 3 is 2.47 bits per heavy atom. The highest BCUT2D eigenvalue weighted by molar-refractivity contribution is 5.91. The van der Waals surface area contributed by atoms with E-state index in [-0.39, 0.29) is 17.2 Å². The predicted molar refractivity (Wildman–Crippen MR) is 123 cm³/mol. The summed E-state index contributed by atoms with van der Waals surface area (Å²) in [6, 6.07) is 17.7. The maximum Gasteiger partial charge on any atom is 0.343 e. The molecular weight excluding hydrogens is 442 g/mol. The molecule has 1 amide bonds. The second-order valence-corrected chi connectivity index (χ2v) is 6.98. The van der Waals surface area contributed by atoms with Crippen LogP contribution in [0.2, 0.25) is 0 Å². The molecule has 0 saturated heterocycles. The molecule has 0 saturated carbocycles. The van der Waals surface area contributed by atoms with Gasteiger partial charge in [-0.1, -0.05) is 24.3 Å². The van der Waals surface area contributed by atoms with E-state index in [0.29, 0.717) is 22.4 Å². The molecule has 0 aliphatic carbocycles. The van der Waals surface area contributed by atoms with Crippen LogP contribution in [0.3, 0.4) is 0 Å². The number of nitro groups is 1. The minimum Gasteiger partial charge on any atom is -0.493 e. The van der Waals surface area contributed by atoms with Crippen molar-refractivity contribution >= 4 is 23.8 Å². The fraction of sp³-hybridized carbons (Fsp3) is 0.125. The highest BCUT2D eigenvalue weighted by atomic mass is 16.6. The summed E-state index contributed by atoms with van der Waals surface area (Å²) >= 11 is 0. The van der Waals surface area contributed by atoms with Crippen LogP contribution in [0.15, 0.2) is 71.8 Å². The molecule has 1 N–H and O–H groups in total. The minimum absolute atomic E-state index is 0.0138. The Bertz CT molecular complexity index is 1230. The number of nitrogens with zero attached hydrogens (tertiary/aromatic N) is 2. The van der Waals surface area contributed by atoms with E-state index in [1.807, 2.05) is 0 Å². The molecule has 0 unspecified atom stereocenters. The van der Waals surface area contributed by atoms with Crippen LogP contribution >= 0.6 is 0 Å². The highest BCUT2D eigenvalue weighted by Gasteiger charge is 2.16. The molecule has 0 fully saturated rings. The lowest BCUT2D eigenvalue weighted by Gasteiger charge is -2.10. The number of rotatable bonds is 9. The Balaban J connectivity index is 1.58. The number of carbonyl (C=O) groups is 2. The Morgan fingerprint density at radius 1 is 1.03 bits per heavy atom. The molecule has 0 heterocycles. The summed E-state index contributed by atoms with van der Waals surface area (Å²) in [5, 5.41) is 15.0. The summed E-state index contributed by atoms with van der Waals surface area (Å²) in [5.41, 5.74) is 3.71. The predicted octanol–water partition coefficient (Wildman–Crippen LogP) is 3.66. The Labute approximate surface area is 194 Å². The zero-order valence-corrected chi connectivity index (χ0v) is 18.4. The quantitative estimate of drug-likeness (QED) is 0.169. The van der Waals surface area contributed by atoms with E-state index in [1.165, 1.54) is 25.5 Å². The van der Waals surface area contributed by atoms with Crippen molar-refractivity contribution in [3.8, 4) is 17.2 Å². The zero-order chi connectivity index (χ0) is 24.5. The number of hydrogen-bond donors (Lipinski definition) is 1. The third-order valence-corrected chi connectivity index (χ3v) is 4.47. The maximum atomic E-state index is 12.3. The summed E-state index contributed by atoms with van der Waals surface area (Å²) in [6.07, 6.45) is 1.36. The average Bonchev–Trinajstić information content (AvgIpc) is 2.84. The lowest BCUT2D eigenvalue weighted by atomic mass is 10.2. The smallest absolute Gasteiger partial charge is 0.343 e. The van der Waals surface area contributed by atoms with Gasteiger partial charge >= 0.3 is 11.7 Å². The first-order chi connectivity index (χ1) is 16.4. The zero-order valence-electron chi connectivity index (χ0n) is 18.4. The summed E-state index contributed by atoms with van der Waals surface area (Å²) < 4.78 is 15.9. The fourth-order valence-electron chi connectivity index (χ4n) is 2.83. The number of methoxy groups -OCH3 is 1. The van der Waals surface area contributed by atoms with Gasteiger partial charge in [0, 0.05) is 6.07 Å². The van der Waals surface area contributed by atoms with E-state index in [2.05, 4.69) is 10.5 Å². The van der Waals surface area contributed by atoms with Crippen LogP contribution in [0.5, 0.6) is 17.2 Å². The first-order valence-electron chi connectivity index (χ1n) is 10.0. The van der Waals surface area contributed by atoms with Gasteiger partial charge in [0.25, 0.3) is 5.91 Å². The largest absolute Gasteiger partial charge is 0.493 e. The molecule has 0 bridgehead atoms. The number of esters is 1. The Hall–Kier alpha value is -4.73. The summed E-state index contributed by atoms with van der Waals surface area (Å²) in [7, 11) is 1.43. The number of ether oxygens (including phenoxy) is 3. The molecule has 3 rings (SSSR count). The SMILES string of the molecule is COc1cc(C=NNC(=O)COc2ccc(C)cc2[N+](=O)[O-])ccc1OC(=O)c1ccccc1. The molecular formula is C24H21N3O7. The van der Waals surface area contributed by atoms with E-state index in [9.17, 15) is 19.7 Å². The number of carbonyl (C=O) groups excluding carboxylic acids is 2. The Kier molecular flexibility index (Phi) is 7.90. The van der Waals surface area contributed by atoms with Crippen LogP contribution in [0.1, 0.15) is 21.5 Å². The topological polar surface area (TPSA) is 129 Å². The molecule has 0 aliphatic rings. The van der Waals surface area contributed by atoms with Gasteiger partial charge in [-0.2, -0.15) is 5.10 Å². The van der Waals surface area contributed by atoms with Gasteiger partial charge in [0.2, 0.25) is 0 Å². The molecule has 0 aliphatic heterocycles. The van der Waals surface area contributed by atoms with Gasteiger partial charge in [-0.3, -0.25) is 14.9 Å². The molecule has 3 aromatic rings. The second-order valence-electron chi connectivity index (χ2n) is 6.98. The van der Waals surface area contributed by atoms with Gasteiger partial charge in [0.05, 0.1) is 23.8 Å². The van der Waals surface area contributed by atoms with Crippen molar-refractivity contribution in [3.63, 3.8) is 0 Å². The molecule has 0 spiro atoms. The number of aryl methyl sites for hydroxylation is 1. The molecule has 10 heteroatoms. The van der Waals surface area contributed by atoms with Crippen LogP contribution in [0.25, 0.3) is 0 Å². The van der Waals surface area contributed by atoms with Gasteiger partial charge in [0.1, 0.15) is 0 Å². The molecule has 34 heavy (non-hydrogen) atoms. The lowest BCUT2D eigenvalue weighted by molar-refractivity contribution is -0.385. The van der Waals surface area contributed by atoms with E-state index in [0.717, 1.165) is 0 Å². The van der Waals surface area contributed by atoms with Crippen LogP contribution in [-0.2, 0) is 4.79 Å². The number of hydrogen-bond acceptors (Lipinski definition) is 8. The second kappa shape index (κ2) is 11.2. The van der Waals surface area contributed by atoms with E-state index < -0.39 is 23.4 Å². The normalized spacial score (nSPS) is 10.5. The fourth-order valence-corrected chi connectivity index (χ4v) is 2.83. The third kappa shape index (κ3) is 6.39. The van der Waals surface area contributed by atoms with Crippen LogP contribution in [-0.4, -0.2) is 36.7 Å². The van der Waals surface area contributed by atoms with Gasteiger partial charge < -0.3 is 14.2 Å². The molecule has 3 aromatic carbocycles. The lowest BCUT2D eigenvalue weighted by Crippen LogP contribution is -2.24. The number of amides is 1. The molecule has 0 radical (unpaired) electrons. The van der Waals surface area contributed by atoms with Gasteiger partial charge in [0.15, 0.2) is 23.9 Å². The first-order valence-corrected chi connectivity index (χ1v) is 10.0. The number of hydrazone groups is 1.